The summed E-state index contributed by atoms with van der Waals surface area (Å²) in [5.74, 6) is 0.790. The smallest absolute Gasteiger partial charge is 0.191 e. The van der Waals surface area contributed by atoms with E-state index in [0.717, 1.165) is 30.4 Å². The second-order valence-corrected chi connectivity index (χ2v) is 3.89. The Hall–Kier alpha value is -0.890. The summed E-state index contributed by atoms with van der Waals surface area (Å²) in [5, 5.41) is 6.37. The molecule has 0 saturated carbocycles. The monoisotopic (exact) mass is 378 g/mol. The van der Waals surface area contributed by atoms with Gasteiger partial charge in [0.15, 0.2) is 5.96 Å². The normalized spacial score (nSPS) is 10.8. The number of nitrogens with zero attached hydrogens (tertiary/aromatic N) is 2. The SMILES string of the molecule is CCNC(=NCc1cccc(C)n1)NCCOC.I. The molecule has 1 aromatic heterocycles. The van der Waals surface area contributed by atoms with E-state index in [1.165, 1.54) is 0 Å². The summed E-state index contributed by atoms with van der Waals surface area (Å²) >= 11 is 0. The number of guanidine groups is 1. The Morgan fingerprint density at radius 1 is 1.37 bits per heavy atom. The fraction of sp³-hybridized carbons (Fsp3) is 0.538. The number of hydrogen-bond acceptors (Lipinski definition) is 3. The Kier molecular flexibility index (Phi) is 10.5. The van der Waals surface area contributed by atoms with Gasteiger partial charge in [0.25, 0.3) is 0 Å². The van der Waals surface area contributed by atoms with Crippen molar-refractivity contribution in [2.75, 3.05) is 26.8 Å². The molecular formula is C13H23IN4O. The second-order valence-electron chi connectivity index (χ2n) is 3.89. The predicted molar refractivity (Wildman–Crippen MR) is 89.1 cm³/mol. The molecule has 0 aliphatic heterocycles. The van der Waals surface area contributed by atoms with Gasteiger partial charge in [-0.25, -0.2) is 4.99 Å². The highest BCUT2D eigenvalue weighted by atomic mass is 127. The van der Waals surface area contributed by atoms with Crippen molar-refractivity contribution in [3.05, 3.63) is 29.6 Å². The van der Waals surface area contributed by atoms with E-state index < -0.39 is 0 Å². The molecule has 2 N–H and O–H groups in total. The fourth-order valence-corrected chi connectivity index (χ4v) is 1.46. The van der Waals surface area contributed by atoms with Crippen LogP contribution >= 0.6 is 24.0 Å². The molecule has 1 aromatic rings. The molecule has 1 rings (SSSR count). The third-order valence-corrected chi connectivity index (χ3v) is 2.29. The van der Waals surface area contributed by atoms with Crippen LogP contribution in [0.4, 0.5) is 0 Å². The highest BCUT2D eigenvalue weighted by Crippen LogP contribution is 1.99. The fourth-order valence-electron chi connectivity index (χ4n) is 1.46. The van der Waals surface area contributed by atoms with Gasteiger partial charge in [0, 0.05) is 25.9 Å². The molecule has 0 bridgehead atoms. The van der Waals surface area contributed by atoms with E-state index in [2.05, 4.69) is 20.6 Å². The molecule has 0 saturated heterocycles. The molecule has 0 aliphatic rings. The lowest BCUT2D eigenvalue weighted by Gasteiger charge is -2.10. The van der Waals surface area contributed by atoms with Crippen LogP contribution in [0.15, 0.2) is 23.2 Å². The van der Waals surface area contributed by atoms with Crippen LogP contribution in [0.2, 0.25) is 0 Å². The molecule has 0 unspecified atom stereocenters. The van der Waals surface area contributed by atoms with Gasteiger partial charge in [0.2, 0.25) is 0 Å². The number of pyridine rings is 1. The molecular weight excluding hydrogens is 355 g/mol. The van der Waals surface area contributed by atoms with Crippen LogP contribution in [0, 0.1) is 6.92 Å². The van der Waals surface area contributed by atoms with Crippen LogP contribution in [-0.4, -0.2) is 37.7 Å². The Morgan fingerprint density at radius 3 is 2.79 bits per heavy atom. The third kappa shape index (κ3) is 7.99. The van der Waals surface area contributed by atoms with Gasteiger partial charge < -0.3 is 15.4 Å². The van der Waals surface area contributed by atoms with E-state index in [9.17, 15) is 0 Å². The van der Waals surface area contributed by atoms with Crippen LogP contribution in [0.5, 0.6) is 0 Å². The Morgan fingerprint density at radius 2 is 2.16 bits per heavy atom. The molecule has 5 nitrogen and oxygen atoms in total. The summed E-state index contributed by atoms with van der Waals surface area (Å²) in [4.78, 5) is 8.89. The first-order valence-corrected chi connectivity index (χ1v) is 6.20. The zero-order valence-electron chi connectivity index (χ0n) is 11.8. The van der Waals surface area contributed by atoms with Crippen LogP contribution in [-0.2, 0) is 11.3 Å². The summed E-state index contributed by atoms with van der Waals surface area (Å²) in [6.07, 6.45) is 0. The molecule has 0 aromatic carbocycles. The molecule has 0 fully saturated rings. The molecule has 108 valence electrons. The predicted octanol–water partition coefficient (Wildman–Crippen LogP) is 1.71. The number of ether oxygens (including phenoxy) is 1. The molecule has 0 aliphatic carbocycles. The molecule has 0 amide bonds. The van der Waals surface area contributed by atoms with Crippen molar-refractivity contribution < 1.29 is 4.74 Å². The number of aryl methyl sites for hydroxylation is 1. The van der Waals surface area contributed by atoms with E-state index in [1.54, 1.807) is 7.11 Å². The van der Waals surface area contributed by atoms with Gasteiger partial charge in [0.1, 0.15) is 0 Å². The topological polar surface area (TPSA) is 58.5 Å². The quantitative estimate of drug-likeness (QED) is 0.343. The summed E-state index contributed by atoms with van der Waals surface area (Å²) in [6, 6.07) is 5.96. The van der Waals surface area contributed by atoms with Crippen molar-refractivity contribution in [3.63, 3.8) is 0 Å². The van der Waals surface area contributed by atoms with Gasteiger partial charge in [0.05, 0.1) is 18.8 Å². The van der Waals surface area contributed by atoms with Crippen molar-refractivity contribution in [1.82, 2.24) is 15.6 Å². The summed E-state index contributed by atoms with van der Waals surface area (Å²) in [5.41, 5.74) is 1.99. The average molecular weight is 378 g/mol. The first-order chi connectivity index (χ1) is 8.76. The van der Waals surface area contributed by atoms with E-state index in [1.807, 2.05) is 32.0 Å². The summed E-state index contributed by atoms with van der Waals surface area (Å²) < 4.78 is 4.99. The molecule has 0 radical (unpaired) electrons. The van der Waals surface area contributed by atoms with E-state index >= 15 is 0 Å². The number of rotatable bonds is 6. The molecule has 0 atom stereocenters. The lowest BCUT2D eigenvalue weighted by molar-refractivity contribution is 0.203. The van der Waals surface area contributed by atoms with Crippen molar-refractivity contribution in [2.24, 2.45) is 4.99 Å². The van der Waals surface area contributed by atoms with E-state index in [4.69, 9.17) is 4.74 Å². The largest absolute Gasteiger partial charge is 0.383 e. The summed E-state index contributed by atoms with van der Waals surface area (Å²) in [6.45, 7) is 6.83. The van der Waals surface area contributed by atoms with Crippen molar-refractivity contribution in [2.45, 2.75) is 20.4 Å². The summed E-state index contributed by atoms with van der Waals surface area (Å²) in [7, 11) is 1.68. The Bertz CT molecular complexity index is 385. The Labute approximate surface area is 132 Å². The van der Waals surface area contributed by atoms with Crippen LogP contribution in [0.1, 0.15) is 18.3 Å². The maximum absolute atomic E-state index is 4.99. The number of nitrogens with one attached hydrogen (secondary N) is 2. The maximum Gasteiger partial charge on any atom is 0.191 e. The molecule has 6 heteroatoms. The van der Waals surface area contributed by atoms with Crippen LogP contribution in [0.3, 0.4) is 0 Å². The number of methoxy groups -OCH3 is 1. The van der Waals surface area contributed by atoms with E-state index in [0.29, 0.717) is 13.2 Å². The Balaban J connectivity index is 0.00000324. The number of aliphatic imine (C=N–C) groups is 1. The van der Waals surface area contributed by atoms with Gasteiger partial charge in [-0.3, -0.25) is 4.98 Å². The maximum atomic E-state index is 4.99. The van der Waals surface area contributed by atoms with Crippen molar-refractivity contribution >= 4 is 29.9 Å². The van der Waals surface area contributed by atoms with Gasteiger partial charge in [-0.15, -0.1) is 24.0 Å². The molecule has 1 heterocycles. The average Bonchev–Trinajstić information content (AvgIpc) is 2.36. The zero-order valence-corrected chi connectivity index (χ0v) is 14.1. The minimum Gasteiger partial charge on any atom is -0.383 e. The lowest BCUT2D eigenvalue weighted by atomic mass is 10.3. The standard InChI is InChI=1S/C13H22N4O.HI/c1-4-14-13(15-8-9-18-3)16-10-12-7-5-6-11(2)17-12;/h5-7H,4,8-10H2,1-3H3,(H2,14,15,16);1H. The van der Waals surface area contributed by atoms with Gasteiger partial charge in [-0.05, 0) is 26.0 Å². The molecule has 19 heavy (non-hydrogen) atoms. The third-order valence-electron chi connectivity index (χ3n) is 2.29. The lowest BCUT2D eigenvalue weighted by Crippen LogP contribution is -2.38. The number of aromatic nitrogens is 1. The van der Waals surface area contributed by atoms with Gasteiger partial charge in [-0.2, -0.15) is 0 Å². The van der Waals surface area contributed by atoms with Crippen LogP contribution in [0.25, 0.3) is 0 Å². The minimum atomic E-state index is 0. The zero-order chi connectivity index (χ0) is 13.2. The first-order valence-electron chi connectivity index (χ1n) is 6.20. The minimum absolute atomic E-state index is 0. The first kappa shape index (κ1) is 18.1. The number of halogens is 1. The second kappa shape index (κ2) is 11.0. The van der Waals surface area contributed by atoms with Crippen molar-refractivity contribution in [3.8, 4) is 0 Å². The highest BCUT2D eigenvalue weighted by Gasteiger charge is 1.97. The van der Waals surface area contributed by atoms with Crippen LogP contribution < -0.4 is 10.6 Å². The van der Waals surface area contributed by atoms with Gasteiger partial charge in [-0.1, -0.05) is 6.07 Å². The highest BCUT2D eigenvalue weighted by molar-refractivity contribution is 14.0. The number of hydrogen-bond donors (Lipinski definition) is 2. The van der Waals surface area contributed by atoms with Gasteiger partial charge >= 0.3 is 0 Å². The van der Waals surface area contributed by atoms with Crippen molar-refractivity contribution in [1.29, 1.82) is 0 Å². The van der Waals surface area contributed by atoms with E-state index in [-0.39, 0.29) is 24.0 Å². The molecule has 0 spiro atoms.